The maximum Gasteiger partial charge on any atom is 0.426 e. The van der Waals surface area contributed by atoms with E-state index in [9.17, 15) is 26.3 Å². The zero-order chi connectivity index (χ0) is 22.2. The molecule has 2 aromatic carbocycles. The summed E-state index contributed by atoms with van der Waals surface area (Å²) < 4.78 is 94.0. The Labute approximate surface area is 169 Å². The molecule has 30 heavy (non-hydrogen) atoms. The third kappa shape index (κ3) is 3.91. The van der Waals surface area contributed by atoms with Crippen molar-refractivity contribution in [2.24, 2.45) is 0 Å². The molecule has 1 aliphatic rings. The molecule has 0 aliphatic heterocycles. The van der Waals surface area contributed by atoms with Crippen LogP contribution in [0.3, 0.4) is 0 Å². The molecular weight excluding hydrogens is 410 g/mol. The van der Waals surface area contributed by atoms with Gasteiger partial charge in [-0.15, -0.1) is 0 Å². The molecule has 8 heteroatoms. The number of alkyl halides is 6. The lowest BCUT2D eigenvalue weighted by molar-refractivity contribution is -0.272. The lowest BCUT2D eigenvalue weighted by atomic mass is 10.0. The molecule has 160 valence electrons. The first-order chi connectivity index (χ1) is 14.0. The molecule has 2 nitrogen and oxygen atoms in total. The molecule has 0 spiro atoms. The highest BCUT2D eigenvalue weighted by atomic mass is 19.3. The fourth-order valence-corrected chi connectivity index (χ4v) is 2.86. The number of halogens is 6. The third-order valence-corrected chi connectivity index (χ3v) is 4.54. The molecule has 0 N–H and O–H groups in total. The predicted molar refractivity (Wildman–Crippen MR) is 99.3 cm³/mol. The Bertz CT molecular complexity index is 960. The van der Waals surface area contributed by atoms with Crippen LogP contribution in [-0.4, -0.2) is 18.5 Å². The average molecular weight is 428 g/mol. The van der Waals surface area contributed by atoms with Crippen molar-refractivity contribution in [3.8, 4) is 11.1 Å². The van der Waals surface area contributed by atoms with Gasteiger partial charge in [-0.05, 0) is 49.3 Å². The number of benzene rings is 2. The van der Waals surface area contributed by atoms with Crippen LogP contribution in [0.1, 0.15) is 18.1 Å². The van der Waals surface area contributed by atoms with Crippen LogP contribution in [0.4, 0.5) is 26.3 Å². The Morgan fingerprint density at radius 3 is 1.77 bits per heavy atom. The van der Waals surface area contributed by atoms with Crippen molar-refractivity contribution in [3.05, 3.63) is 83.3 Å². The van der Waals surface area contributed by atoms with Gasteiger partial charge in [-0.3, -0.25) is 0 Å². The average Bonchev–Trinajstić information content (AvgIpc) is 2.69. The molecular formula is C22H18F6O2. The van der Waals surface area contributed by atoms with E-state index < -0.39 is 35.0 Å². The number of hydrogen-bond acceptors (Lipinski definition) is 2. The normalized spacial score (nSPS) is 17.7. The van der Waals surface area contributed by atoms with E-state index in [4.69, 9.17) is 0 Å². The van der Waals surface area contributed by atoms with Crippen molar-refractivity contribution in [3.63, 3.8) is 0 Å². The Morgan fingerprint density at radius 1 is 0.767 bits per heavy atom. The zero-order valence-electron chi connectivity index (χ0n) is 16.1. The molecule has 1 aliphatic carbocycles. The van der Waals surface area contributed by atoms with Gasteiger partial charge in [0.25, 0.3) is 0 Å². The molecule has 0 amide bonds. The van der Waals surface area contributed by atoms with Gasteiger partial charge >= 0.3 is 18.0 Å². The van der Waals surface area contributed by atoms with Crippen molar-refractivity contribution >= 4 is 0 Å². The van der Waals surface area contributed by atoms with Crippen LogP contribution in [-0.2, 0) is 15.6 Å². The highest BCUT2D eigenvalue weighted by Gasteiger charge is 2.66. The summed E-state index contributed by atoms with van der Waals surface area (Å²) in [6, 6.07) is 12.0. The van der Waals surface area contributed by atoms with E-state index >= 15 is 0 Å². The molecule has 0 fully saturated rings. The van der Waals surface area contributed by atoms with Gasteiger partial charge in [-0.1, -0.05) is 42.0 Å². The summed E-state index contributed by atoms with van der Waals surface area (Å²) in [4.78, 5) is 0. The van der Waals surface area contributed by atoms with E-state index in [2.05, 4.69) is 9.47 Å². The smallest absolute Gasteiger partial charge is 0.426 e. The zero-order valence-corrected chi connectivity index (χ0v) is 16.1. The first-order valence-electron chi connectivity index (χ1n) is 9.05. The van der Waals surface area contributed by atoms with Gasteiger partial charge in [0.05, 0.1) is 12.2 Å². The van der Waals surface area contributed by atoms with Gasteiger partial charge in [0.1, 0.15) is 0 Å². The van der Waals surface area contributed by atoms with E-state index in [0.717, 1.165) is 23.3 Å². The molecule has 0 bridgehead atoms. The quantitative estimate of drug-likeness (QED) is 0.470. The van der Waals surface area contributed by atoms with Crippen molar-refractivity contribution in [1.82, 2.24) is 0 Å². The fourth-order valence-electron chi connectivity index (χ4n) is 2.86. The van der Waals surface area contributed by atoms with Gasteiger partial charge < -0.3 is 9.47 Å². The molecule has 0 heterocycles. The summed E-state index contributed by atoms with van der Waals surface area (Å²) in [7, 11) is 0. The molecule has 0 saturated carbocycles. The molecule has 0 atom stereocenters. The summed E-state index contributed by atoms with van der Waals surface area (Å²) in [6.45, 7) is 2.95. The fraction of sp³-hybridized carbons (Fsp3) is 0.273. The third-order valence-electron chi connectivity index (χ3n) is 4.54. The van der Waals surface area contributed by atoms with Gasteiger partial charge in [-0.2, -0.15) is 26.3 Å². The maximum atomic E-state index is 14.5. The van der Waals surface area contributed by atoms with Crippen LogP contribution in [0.25, 0.3) is 11.1 Å². The van der Waals surface area contributed by atoms with E-state index in [1.165, 1.54) is 19.1 Å². The minimum absolute atomic E-state index is 0.287. The van der Waals surface area contributed by atoms with E-state index in [1.807, 2.05) is 19.1 Å². The van der Waals surface area contributed by atoms with Crippen LogP contribution in [0.2, 0.25) is 0 Å². The Kier molecular flexibility index (Phi) is 5.62. The molecule has 3 rings (SSSR count). The van der Waals surface area contributed by atoms with Crippen molar-refractivity contribution < 1.29 is 35.8 Å². The first-order valence-corrected chi connectivity index (χ1v) is 9.05. The highest BCUT2D eigenvalue weighted by molar-refractivity contribution is 5.64. The number of ether oxygens (including phenoxy) is 2. The van der Waals surface area contributed by atoms with Gasteiger partial charge in [0.2, 0.25) is 0 Å². The Morgan fingerprint density at radius 2 is 1.23 bits per heavy atom. The number of aryl methyl sites for hydroxylation is 1. The number of hydrogen-bond donors (Lipinski definition) is 0. The van der Waals surface area contributed by atoms with E-state index in [1.54, 1.807) is 12.1 Å². The molecule has 0 aromatic heterocycles. The van der Waals surface area contributed by atoms with Crippen LogP contribution in [0.15, 0.2) is 72.2 Å². The van der Waals surface area contributed by atoms with E-state index in [0.29, 0.717) is 17.7 Å². The van der Waals surface area contributed by atoms with Crippen LogP contribution in [0.5, 0.6) is 0 Å². The summed E-state index contributed by atoms with van der Waals surface area (Å²) >= 11 is 0. The first kappa shape index (κ1) is 21.8. The number of rotatable bonds is 6. The topological polar surface area (TPSA) is 18.5 Å². The predicted octanol–water partition coefficient (Wildman–Crippen LogP) is 6.82. The van der Waals surface area contributed by atoms with Gasteiger partial charge in [-0.25, -0.2) is 0 Å². The van der Waals surface area contributed by atoms with Crippen LogP contribution in [0, 0.1) is 6.92 Å². The number of allylic oxidation sites excluding steroid dienone is 4. The summed E-state index contributed by atoms with van der Waals surface area (Å²) in [5, 5.41) is 0. The van der Waals surface area contributed by atoms with Crippen molar-refractivity contribution in [2.45, 2.75) is 31.8 Å². The lowest BCUT2D eigenvalue weighted by Gasteiger charge is -2.33. The summed E-state index contributed by atoms with van der Waals surface area (Å²) in [5.41, 5.74) is 1.66. The highest BCUT2D eigenvalue weighted by Crippen LogP contribution is 2.50. The monoisotopic (exact) mass is 428 g/mol. The Balaban J connectivity index is 1.86. The van der Waals surface area contributed by atoms with Crippen LogP contribution < -0.4 is 0 Å². The maximum absolute atomic E-state index is 14.5. The Hall–Kier alpha value is -2.90. The second-order valence-corrected chi connectivity index (χ2v) is 6.71. The SMILES string of the molecule is CCOC1=CC=C(OC(F)(F)c2ccc(-c3ccc(C)cc3)cc2)C(F)(F)C1(F)F. The van der Waals surface area contributed by atoms with Crippen molar-refractivity contribution in [2.75, 3.05) is 6.61 Å². The summed E-state index contributed by atoms with van der Waals surface area (Å²) in [6.07, 6.45) is -3.38. The minimum Gasteiger partial charge on any atom is -0.492 e. The van der Waals surface area contributed by atoms with Gasteiger partial charge in [0.15, 0.2) is 11.5 Å². The second kappa shape index (κ2) is 7.74. The lowest BCUT2D eigenvalue weighted by Crippen LogP contribution is -2.47. The van der Waals surface area contributed by atoms with E-state index in [-0.39, 0.29) is 6.61 Å². The standard InChI is InChI=1S/C22H18F6O2/c1-3-29-18-12-13-19(21(25,26)20(18,23)24)30-22(27,28)17-10-8-16(9-11-17)15-6-4-14(2)5-7-15/h4-13H,3H2,1-2H3. The molecule has 2 aromatic rings. The molecule has 0 saturated heterocycles. The van der Waals surface area contributed by atoms with Crippen LogP contribution >= 0.6 is 0 Å². The molecule has 0 unspecified atom stereocenters. The largest absolute Gasteiger partial charge is 0.492 e. The van der Waals surface area contributed by atoms with Gasteiger partial charge in [0, 0.05) is 0 Å². The molecule has 0 radical (unpaired) electrons. The van der Waals surface area contributed by atoms with Crippen molar-refractivity contribution in [1.29, 1.82) is 0 Å². The summed E-state index contributed by atoms with van der Waals surface area (Å²) in [5.74, 6) is -13.0. The minimum atomic E-state index is -5.00. The second-order valence-electron chi connectivity index (χ2n) is 6.71.